The standard InChI is InChI=1S/C22H22N2O4S/c1-2-18-17-9-12-29-20(17)8-10-24(18)21(25)14-28-16-6-3-5-15(13-16)23-22(26)19-7-4-11-27-19/h3-7,9,11-13,18H,2,8,10,14H2,1H3,(H,23,26). The van der Waals surface area contributed by atoms with E-state index in [1.54, 1.807) is 47.7 Å². The van der Waals surface area contributed by atoms with Gasteiger partial charge in [0.2, 0.25) is 0 Å². The van der Waals surface area contributed by atoms with E-state index in [0.29, 0.717) is 18.0 Å². The van der Waals surface area contributed by atoms with Gasteiger partial charge in [0, 0.05) is 23.2 Å². The van der Waals surface area contributed by atoms with E-state index in [9.17, 15) is 9.59 Å². The maximum atomic E-state index is 12.8. The first-order chi connectivity index (χ1) is 14.2. The quantitative estimate of drug-likeness (QED) is 0.649. The summed E-state index contributed by atoms with van der Waals surface area (Å²) in [6, 6.07) is 12.5. The fourth-order valence-corrected chi connectivity index (χ4v) is 4.56. The maximum absolute atomic E-state index is 12.8. The molecule has 1 atom stereocenters. The van der Waals surface area contributed by atoms with E-state index >= 15 is 0 Å². The fraction of sp³-hybridized carbons (Fsp3) is 0.273. The molecule has 1 N–H and O–H groups in total. The molecular formula is C22H22N2O4S. The molecule has 7 heteroatoms. The molecule has 1 aliphatic heterocycles. The van der Waals surface area contributed by atoms with E-state index in [4.69, 9.17) is 9.15 Å². The second kappa shape index (κ2) is 8.53. The molecule has 29 heavy (non-hydrogen) atoms. The monoisotopic (exact) mass is 410 g/mol. The van der Waals surface area contributed by atoms with Crippen LogP contribution in [0.15, 0.2) is 58.5 Å². The van der Waals surface area contributed by atoms with Crippen LogP contribution in [0, 0.1) is 0 Å². The third-order valence-corrected chi connectivity index (χ3v) is 6.00. The molecule has 1 aromatic carbocycles. The Kier molecular flexibility index (Phi) is 5.67. The van der Waals surface area contributed by atoms with Crippen LogP contribution in [0.2, 0.25) is 0 Å². The highest BCUT2D eigenvalue weighted by molar-refractivity contribution is 7.10. The van der Waals surface area contributed by atoms with Crippen molar-refractivity contribution in [2.24, 2.45) is 0 Å². The second-order valence-corrected chi connectivity index (χ2v) is 7.81. The summed E-state index contributed by atoms with van der Waals surface area (Å²) in [5.74, 6) is 0.388. The van der Waals surface area contributed by atoms with Crippen LogP contribution in [0.5, 0.6) is 5.75 Å². The largest absolute Gasteiger partial charge is 0.484 e. The van der Waals surface area contributed by atoms with Crippen molar-refractivity contribution in [2.45, 2.75) is 25.8 Å². The molecule has 2 aromatic heterocycles. The van der Waals surface area contributed by atoms with Gasteiger partial charge in [0.05, 0.1) is 12.3 Å². The van der Waals surface area contributed by atoms with Crippen LogP contribution in [0.4, 0.5) is 5.69 Å². The molecule has 0 bridgehead atoms. The molecule has 3 heterocycles. The number of hydrogen-bond acceptors (Lipinski definition) is 5. The molecule has 0 saturated carbocycles. The van der Waals surface area contributed by atoms with Crippen LogP contribution >= 0.6 is 11.3 Å². The number of benzene rings is 1. The van der Waals surface area contributed by atoms with Crippen molar-refractivity contribution in [1.29, 1.82) is 0 Å². The second-order valence-electron chi connectivity index (χ2n) is 6.81. The van der Waals surface area contributed by atoms with Crippen LogP contribution in [0.25, 0.3) is 0 Å². The number of amides is 2. The van der Waals surface area contributed by atoms with Gasteiger partial charge in [-0.15, -0.1) is 11.3 Å². The summed E-state index contributed by atoms with van der Waals surface area (Å²) >= 11 is 1.76. The number of thiophene rings is 1. The summed E-state index contributed by atoms with van der Waals surface area (Å²) in [5.41, 5.74) is 1.84. The minimum atomic E-state index is -0.339. The van der Waals surface area contributed by atoms with Crippen molar-refractivity contribution in [3.63, 3.8) is 0 Å². The molecule has 1 aliphatic rings. The van der Waals surface area contributed by atoms with Gasteiger partial charge in [0.15, 0.2) is 12.4 Å². The Morgan fingerprint density at radius 2 is 2.17 bits per heavy atom. The zero-order chi connectivity index (χ0) is 20.2. The first kappa shape index (κ1) is 19.3. The average molecular weight is 410 g/mol. The maximum Gasteiger partial charge on any atom is 0.291 e. The average Bonchev–Trinajstić information content (AvgIpc) is 3.43. The summed E-state index contributed by atoms with van der Waals surface area (Å²) in [6.07, 6.45) is 3.22. The number of rotatable bonds is 6. The number of hydrogen-bond donors (Lipinski definition) is 1. The summed E-state index contributed by atoms with van der Waals surface area (Å²) < 4.78 is 10.8. The van der Waals surface area contributed by atoms with Gasteiger partial charge in [0.25, 0.3) is 11.8 Å². The van der Waals surface area contributed by atoms with Crippen molar-refractivity contribution >= 4 is 28.8 Å². The number of nitrogens with one attached hydrogen (secondary N) is 1. The van der Waals surface area contributed by atoms with E-state index in [0.717, 1.165) is 12.8 Å². The Bertz CT molecular complexity index is 996. The molecule has 0 radical (unpaired) electrons. The zero-order valence-electron chi connectivity index (χ0n) is 16.1. The Morgan fingerprint density at radius 1 is 1.28 bits per heavy atom. The van der Waals surface area contributed by atoms with Gasteiger partial charge in [-0.25, -0.2) is 0 Å². The smallest absolute Gasteiger partial charge is 0.291 e. The van der Waals surface area contributed by atoms with Gasteiger partial charge in [-0.2, -0.15) is 0 Å². The van der Waals surface area contributed by atoms with Crippen molar-refractivity contribution < 1.29 is 18.7 Å². The van der Waals surface area contributed by atoms with Gasteiger partial charge in [0.1, 0.15) is 5.75 Å². The molecule has 150 valence electrons. The van der Waals surface area contributed by atoms with Gasteiger partial charge in [-0.1, -0.05) is 13.0 Å². The third kappa shape index (κ3) is 4.19. The summed E-state index contributed by atoms with van der Waals surface area (Å²) in [4.78, 5) is 28.2. The molecule has 0 fully saturated rings. The van der Waals surface area contributed by atoms with Crippen LogP contribution in [-0.2, 0) is 11.2 Å². The Labute approximate surface area is 173 Å². The minimum Gasteiger partial charge on any atom is -0.484 e. The highest BCUT2D eigenvalue weighted by atomic mass is 32.1. The Morgan fingerprint density at radius 3 is 2.97 bits per heavy atom. The van der Waals surface area contributed by atoms with Crippen molar-refractivity contribution in [3.05, 3.63) is 70.3 Å². The van der Waals surface area contributed by atoms with Crippen LogP contribution in [0.3, 0.4) is 0 Å². The molecule has 1 unspecified atom stereocenters. The van der Waals surface area contributed by atoms with E-state index < -0.39 is 0 Å². The lowest BCUT2D eigenvalue weighted by Crippen LogP contribution is -2.41. The first-order valence-electron chi connectivity index (χ1n) is 9.59. The van der Waals surface area contributed by atoms with E-state index in [-0.39, 0.29) is 30.2 Å². The molecule has 4 rings (SSSR count). The molecule has 3 aromatic rings. The molecule has 0 aliphatic carbocycles. The van der Waals surface area contributed by atoms with Gasteiger partial charge in [-0.05, 0) is 54.1 Å². The number of fused-ring (bicyclic) bond motifs is 1. The van der Waals surface area contributed by atoms with Gasteiger partial charge < -0.3 is 19.4 Å². The van der Waals surface area contributed by atoms with Crippen molar-refractivity contribution in [3.8, 4) is 5.75 Å². The predicted octanol–water partition coefficient (Wildman–Crippen LogP) is 4.51. The minimum absolute atomic E-state index is 0.0290. The Balaban J connectivity index is 1.38. The van der Waals surface area contributed by atoms with Crippen LogP contribution in [-0.4, -0.2) is 29.9 Å². The first-order valence-corrected chi connectivity index (χ1v) is 10.5. The number of ether oxygens (including phenoxy) is 1. The molecular weight excluding hydrogens is 388 g/mol. The lowest BCUT2D eigenvalue weighted by Gasteiger charge is -2.35. The molecule has 6 nitrogen and oxygen atoms in total. The lowest BCUT2D eigenvalue weighted by atomic mass is 9.98. The number of carbonyl (C=O) groups is 2. The number of carbonyl (C=O) groups excluding carboxylic acids is 2. The highest BCUT2D eigenvalue weighted by Crippen LogP contribution is 2.35. The topological polar surface area (TPSA) is 71.8 Å². The SMILES string of the molecule is CCC1c2ccsc2CCN1C(=O)COc1cccc(NC(=O)c2ccco2)c1. The van der Waals surface area contributed by atoms with E-state index in [2.05, 4.69) is 23.7 Å². The summed E-state index contributed by atoms with van der Waals surface area (Å²) in [6.45, 7) is 2.78. The van der Waals surface area contributed by atoms with E-state index in [1.807, 2.05) is 4.90 Å². The van der Waals surface area contributed by atoms with Crippen molar-refractivity contribution in [1.82, 2.24) is 4.90 Å². The number of furan rings is 1. The zero-order valence-corrected chi connectivity index (χ0v) is 16.9. The lowest BCUT2D eigenvalue weighted by molar-refractivity contribution is -0.136. The van der Waals surface area contributed by atoms with Crippen LogP contribution in [0.1, 0.15) is 40.4 Å². The molecule has 2 amide bonds. The van der Waals surface area contributed by atoms with Gasteiger partial charge >= 0.3 is 0 Å². The van der Waals surface area contributed by atoms with Crippen LogP contribution < -0.4 is 10.1 Å². The summed E-state index contributed by atoms with van der Waals surface area (Å²) in [7, 11) is 0. The van der Waals surface area contributed by atoms with Gasteiger partial charge in [-0.3, -0.25) is 9.59 Å². The number of nitrogens with zero attached hydrogens (tertiary/aromatic N) is 1. The normalized spacial score (nSPS) is 15.6. The third-order valence-electron chi connectivity index (χ3n) is 5.00. The fourth-order valence-electron chi connectivity index (χ4n) is 3.63. The summed E-state index contributed by atoms with van der Waals surface area (Å²) in [5, 5.41) is 4.85. The predicted molar refractivity (Wildman–Crippen MR) is 111 cm³/mol. The van der Waals surface area contributed by atoms with E-state index in [1.165, 1.54) is 16.7 Å². The number of anilines is 1. The molecule has 0 spiro atoms. The van der Waals surface area contributed by atoms with Crippen molar-refractivity contribution in [2.75, 3.05) is 18.5 Å². The highest BCUT2D eigenvalue weighted by Gasteiger charge is 2.30. The molecule has 0 saturated heterocycles. The Hall–Kier alpha value is -3.06.